The van der Waals surface area contributed by atoms with E-state index >= 15 is 0 Å². The molecule has 1 aromatic heterocycles. The number of H-pyrrole nitrogens is 1. The summed E-state index contributed by atoms with van der Waals surface area (Å²) in [7, 11) is 0. The van der Waals surface area contributed by atoms with Crippen molar-refractivity contribution < 1.29 is 0 Å². The van der Waals surface area contributed by atoms with Crippen molar-refractivity contribution in [2.75, 3.05) is 19.6 Å². The summed E-state index contributed by atoms with van der Waals surface area (Å²) in [6.45, 7) is 6.12. The largest absolute Gasteiger partial charge is 0.361 e. The fraction of sp³-hybridized carbons (Fsp3) is 0.385. The molecular formula is C13H19N3. The van der Waals surface area contributed by atoms with Gasteiger partial charge in [-0.1, -0.05) is 25.1 Å². The van der Waals surface area contributed by atoms with Crippen LogP contribution in [0.15, 0.2) is 30.5 Å². The van der Waals surface area contributed by atoms with Crippen LogP contribution >= 0.6 is 0 Å². The predicted octanol–water partition coefficient (Wildman–Crippen LogP) is 1.87. The third-order valence-corrected chi connectivity index (χ3v) is 2.72. The molecule has 0 bridgehead atoms. The number of likely N-dealkylation sites (N-methyl/N-ethyl adjacent to an activating group) is 1. The Morgan fingerprint density at radius 1 is 1.12 bits per heavy atom. The van der Waals surface area contributed by atoms with E-state index in [1.54, 1.807) is 0 Å². The van der Waals surface area contributed by atoms with Crippen molar-refractivity contribution in [2.45, 2.75) is 13.5 Å². The van der Waals surface area contributed by atoms with Crippen molar-refractivity contribution in [1.29, 1.82) is 0 Å². The Morgan fingerprint density at radius 2 is 1.94 bits per heavy atom. The average Bonchev–Trinajstić information content (AvgIpc) is 2.73. The van der Waals surface area contributed by atoms with Gasteiger partial charge in [0.15, 0.2) is 0 Å². The van der Waals surface area contributed by atoms with E-state index < -0.39 is 0 Å². The number of aromatic amines is 1. The van der Waals surface area contributed by atoms with E-state index in [0.717, 1.165) is 26.2 Å². The minimum atomic E-state index is 0.926. The van der Waals surface area contributed by atoms with Crippen LogP contribution in [0.3, 0.4) is 0 Å². The number of nitrogens with one attached hydrogen (secondary N) is 3. The molecule has 0 amide bonds. The van der Waals surface area contributed by atoms with Crippen LogP contribution in [0.5, 0.6) is 0 Å². The highest BCUT2D eigenvalue weighted by molar-refractivity contribution is 5.82. The fourth-order valence-corrected chi connectivity index (χ4v) is 1.85. The van der Waals surface area contributed by atoms with E-state index in [0.29, 0.717) is 0 Å². The molecule has 3 heteroatoms. The lowest BCUT2D eigenvalue weighted by atomic mass is 10.2. The number of hydrogen-bond acceptors (Lipinski definition) is 2. The Labute approximate surface area is 96.2 Å². The van der Waals surface area contributed by atoms with Crippen LogP contribution in [0.1, 0.15) is 12.5 Å². The number of rotatable bonds is 6. The van der Waals surface area contributed by atoms with Crippen LogP contribution in [0.4, 0.5) is 0 Å². The van der Waals surface area contributed by atoms with Gasteiger partial charge in [-0.05, 0) is 18.2 Å². The van der Waals surface area contributed by atoms with Gasteiger partial charge in [0.1, 0.15) is 0 Å². The normalized spacial score (nSPS) is 11.1. The molecule has 3 N–H and O–H groups in total. The van der Waals surface area contributed by atoms with Crippen LogP contribution in [-0.4, -0.2) is 24.6 Å². The number of fused-ring (bicyclic) bond motifs is 1. The van der Waals surface area contributed by atoms with Gasteiger partial charge in [-0.15, -0.1) is 0 Å². The van der Waals surface area contributed by atoms with Crippen molar-refractivity contribution >= 4 is 10.9 Å². The maximum absolute atomic E-state index is 3.43. The molecule has 16 heavy (non-hydrogen) atoms. The van der Waals surface area contributed by atoms with Gasteiger partial charge in [0.05, 0.1) is 0 Å². The van der Waals surface area contributed by atoms with Crippen LogP contribution in [-0.2, 0) is 6.54 Å². The standard InChI is InChI=1S/C13H19N3/c1-2-14-7-8-15-9-11-10-16-13-6-4-3-5-12(11)13/h3-6,10,14-16H,2,7-9H2,1H3. The minimum Gasteiger partial charge on any atom is -0.361 e. The summed E-state index contributed by atoms with van der Waals surface area (Å²) < 4.78 is 0. The molecule has 2 aromatic rings. The van der Waals surface area contributed by atoms with Gasteiger partial charge in [0.2, 0.25) is 0 Å². The average molecular weight is 217 g/mol. The molecule has 0 atom stereocenters. The quantitative estimate of drug-likeness (QED) is 0.646. The molecule has 0 aliphatic heterocycles. The topological polar surface area (TPSA) is 39.8 Å². The first kappa shape index (κ1) is 11.2. The maximum Gasteiger partial charge on any atom is 0.0457 e. The fourth-order valence-electron chi connectivity index (χ4n) is 1.85. The molecule has 1 heterocycles. The monoisotopic (exact) mass is 217 g/mol. The maximum atomic E-state index is 3.43. The van der Waals surface area contributed by atoms with Gasteiger partial charge in [-0.3, -0.25) is 0 Å². The number of aromatic nitrogens is 1. The molecule has 0 saturated carbocycles. The summed E-state index contributed by atoms with van der Waals surface area (Å²) in [4.78, 5) is 3.28. The Balaban J connectivity index is 1.89. The molecule has 0 radical (unpaired) electrons. The molecule has 0 unspecified atom stereocenters. The summed E-state index contributed by atoms with van der Waals surface area (Å²) in [6, 6.07) is 8.41. The van der Waals surface area contributed by atoms with E-state index in [2.05, 4.69) is 53.0 Å². The first-order valence-corrected chi connectivity index (χ1v) is 5.88. The second kappa shape index (κ2) is 5.68. The second-order valence-electron chi connectivity index (χ2n) is 3.89. The Kier molecular flexibility index (Phi) is 3.97. The number of benzene rings is 1. The molecule has 0 saturated heterocycles. The van der Waals surface area contributed by atoms with Gasteiger partial charge < -0.3 is 15.6 Å². The highest BCUT2D eigenvalue weighted by atomic mass is 14.9. The summed E-state index contributed by atoms with van der Waals surface area (Å²) in [5.41, 5.74) is 2.55. The lowest BCUT2D eigenvalue weighted by molar-refractivity contribution is 0.626. The van der Waals surface area contributed by atoms with Gasteiger partial charge in [0.25, 0.3) is 0 Å². The summed E-state index contributed by atoms with van der Waals surface area (Å²) in [6.07, 6.45) is 2.09. The van der Waals surface area contributed by atoms with Crippen LogP contribution in [0.25, 0.3) is 10.9 Å². The van der Waals surface area contributed by atoms with E-state index in [9.17, 15) is 0 Å². The Bertz CT molecular complexity index is 433. The molecule has 0 spiro atoms. The van der Waals surface area contributed by atoms with Crippen LogP contribution in [0, 0.1) is 0 Å². The van der Waals surface area contributed by atoms with Crippen LogP contribution < -0.4 is 10.6 Å². The summed E-state index contributed by atoms with van der Waals surface area (Å²) in [5.74, 6) is 0. The van der Waals surface area contributed by atoms with Gasteiger partial charge in [-0.2, -0.15) is 0 Å². The van der Waals surface area contributed by atoms with Gasteiger partial charge >= 0.3 is 0 Å². The molecular weight excluding hydrogens is 198 g/mol. The number of para-hydroxylation sites is 1. The predicted molar refractivity (Wildman–Crippen MR) is 68.5 cm³/mol. The van der Waals surface area contributed by atoms with Gasteiger partial charge in [0, 0.05) is 36.7 Å². The molecule has 2 rings (SSSR count). The third-order valence-electron chi connectivity index (χ3n) is 2.72. The summed E-state index contributed by atoms with van der Waals surface area (Å²) in [5, 5.41) is 8.05. The highest BCUT2D eigenvalue weighted by Gasteiger charge is 2.01. The lowest BCUT2D eigenvalue weighted by Gasteiger charge is -2.04. The van der Waals surface area contributed by atoms with Crippen molar-refractivity contribution in [1.82, 2.24) is 15.6 Å². The van der Waals surface area contributed by atoms with E-state index in [-0.39, 0.29) is 0 Å². The Morgan fingerprint density at radius 3 is 2.81 bits per heavy atom. The lowest BCUT2D eigenvalue weighted by Crippen LogP contribution is -2.26. The van der Waals surface area contributed by atoms with Crippen molar-refractivity contribution in [3.8, 4) is 0 Å². The first-order valence-electron chi connectivity index (χ1n) is 5.88. The zero-order valence-electron chi connectivity index (χ0n) is 9.72. The SMILES string of the molecule is CCNCCNCc1c[nH]c2ccccc12. The molecule has 1 aromatic carbocycles. The van der Waals surface area contributed by atoms with Crippen LogP contribution in [0.2, 0.25) is 0 Å². The highest BCUT2D eigenvalue weighted by Crippen LogP contribution is 2.16. The molecule has 0 aliphatic carbocycles. The van der Waals surface area contributed by atoms with E-state index in [1.165, 1.54) is 16.5 Å². The smallest absolute Gasteiger partial charge is 0.0457 e. The van der Waals surface area contributed by atoms with Crippen molar-refractivity contribution in [3.05, 3.63) is 36.0 Å². The third kappa shape index (κ3) is 2.62. The zero-order valence-corrected chi connectivity index (χ0v) is 9.72. The second-order valence-corrected chi connectivity index (χ2v) is 3.89. The molecule has 0 fully saturated rings. The molecule has 3 nitrogen and oxygen atoms in total. The first-order chi connectivity index (χ1) is 7.92. The van der Waals surface area contributed by atoms with Crippen molar-refractivity contribution in [2.24, 2.45) is 0 Å². The van der Waals surface area contributed by atoms with Crippen molar-refractivity contribution in [3.63, 3.8) is 0 Å². The van der Waals surface area contributed by atoms with E-state index in [4.69, 9.17) is 0 Å². The minimum absolute atomic E-state index is 0.926. The molecule has 0 aliphatic rings. The number of hydrogen-bond donors (Lipinski definition) is 3. The zero-order chi connectivity index (χ0) is 11.2. The molecule has 86 valence electrons. The van der Waals surface area contributed by atoms with E-state index in [1.807, 2.05) is 0 Å². The Hall–Kier alpha value is -1.32. The summed E-state index contributed by atoms with van der Waals surface area (Å²) >= 11 is 0. The van der Waals surface area contributed by atoms with Gasteiger partial charge in [-0.25, -0.2) is 0 Å².